The van der Waals surface area contributed by atoms with Crippen LogP contribution < -0.4 is 9.47 Å². The van der Waals surface area contributed by atoms with Crippen molar-refractivity contribution in [2.24, 2.45) is 0 Å². The summed E-state index contributed by atoms with van der Waals surface area (Å²) in [5.74, 6) is 1.23. The van der Waals surface area contributed by atoms with E-state index in [1.165, 1.54) is 0 Å². The van der Waals surface area contributed by atoms with Gasteiger partial charge in [0.25, 0.3) is 0 Å². The summed E-state index contributed by atoms with van der Waals surface area (Å²) in [6, 6.07) is 16.5. The molecule has 0 saturated heterocycles. The van der Waals surface area contributed by atoms with Crippen LogP contribution >= 0.6 is 0 Å². The Balaban J connectivity index is 1.89. The highest BCUT2D eigenvalue weighted by atomic mass is 16.5. The van der Waals surface area contributed by atoms with Gasteiger partial charge in [0.15, 0.2) is 0 Å². The third kappa shape index (κ3) is 4.35. The normalized spacial score (nSPS) is 9.89. The second kappa shape index (κ2) is 6.44. The van der Waals surface area contributed by atoms with E-state index < -0.39 is 5.97 Å². The molecule has 19 heavy (non-hydrogen) atoms. The Morgan fingerprint density at radius 2 is 1.47 bits per heavy atom. The fourth-order valence-electron chi connectivity index (χ4n) is 1.48. The largest absolute Gasteiger partial charge is 0.493 e. The van der Waals surface area contributed by atoms with E-state index in [4.69, 9.17) is 14.6 Å². The molecule has 2 rings (SSSR count). The molecular weight excluding hydrogens is 244 g/mol. The number of carboxylic acids is 1. The van der Waals surface area contributed by atoms with Gasteiger partial charge in [-0.25, -0.2) is 0 Å². The zero-order valence-corrected chi connectivity index (χ0v) is 10.3. The van der Waals surface area contributed by atoms with E-state index in [2.05, 4.69) is 0 Å². The smallest absolute Gasteiger partial charge is 0.306 e. The van der Waals surface area contributed by atoms with Crippen LogP contribution in [0, 0.1) is 0 Å². The van der Waals surface area contributed by atoms with Crippen molar-refractivity contribution in [1.29, 1.82) is 0 Å². The molecule has 0 fully saturated rings. The Morgan fingerprint density at radius 3 is 2.11 bits per heavy atom. The predicted molar refractivity (Wildman–Crippen MR) is 70.7 cm³/mol. The van der Waals surface area contributed by atoms with Gasteiger partial charge in [-0.3, -0.25) is 4.79 Å². The molecule has 4 heteroatoms. The summed E-state index contributed by atoms with van der Waals surface area (Å²) in [4.78, 5) is 10.3. The van der Waals surface area contributed by atoms with Gasteiger partial charge < -0.3 is 14.6 Å². The van der Waals surface area contributed by atoms with E-state index in [1.807, 2.05) is 30.3 Å². The first kappa shape index (κ1) is 13.0. The Bertz CT molecular complexity index is 520. The minimum Gasteiger partial charge on any atom is -0.493 e. The number of rotatable bonds is 6. The summed E-state index contributed by atoms with van der Waals surface area (Å²) < 4.78 is 10.9. The quantitative estimate of drug-likeness (QED) is 0.863. The molecule has 0 heterocycles. The van der Waals surface area contributed by atoms with Gasteiger partial charge >= 0.3 is 5.97 Å². The van der Waals surface area contributed by atoms with E-state index in [0.717, 1.165) is 5.75 Å². The SMILES string of the molecule is O=C(O)CCOc1ccc(Oc2ccccc2)cc1. The summed E-state index contributed by atoms with van der Waals surface area (Å²) in [7, 11) is 0. The summed E-state index contributed by atoms with van der Waals surface area (Å²) in [6.07, 6.45) is -0.0116. The van der Waals surface area contributed by atoms with E-state index in [9.17, 15) is 4.79 Å². The van der Waals surface area contributed by atoms with Crippen molar-refractivity contribution < 1.29 is 19.4 Å². The fraction of sp³-hybridized carbons (Fsp3) is 0.133. The van der Waals surface area contributed by atoms with Gasteiger partial charge in [-0.15, -0.1) is 0 Å². The van der Waals surface area contributed by atoms with Gasteiger partial charge in [0.05, 0.1) is 13.0 Å². The van der Waals surface area contributed by atoms with Gasteiger partial charge in [-0.2, -0.15) is 0 Å². The Labute approximate surface area is 111 Å². The van der Waals surface area contributed by atoms with Crippen LogP contribution in [0.2, 0.25) is 0 Å². The summed E-state index contributed by atoms with van der Waals surface area (Å²) in [5, 5.41) is 8.50. The maximum absolute atomic E-state index is 10.3. The summed E-state index contributed by atoms with van der Waals surface area (Å²) >= 11 is 0. The zero-order chi connectivity index (χ0) is 13.5. The monoisotopic (exact) mass is 258 g/mol. The van der Waals surface area contributed by atoms with E-state index in [-0.39, 0.29) is 13.0 Å². The van der Waals surface area contributed by atoms with Crippen molar-refractivity contribution in [3.63, 3.8) is 0 Å². The van der Waals surface area contributed by atoms with Gasteiger partial charge in [-0.1, -0.05) is 18.2 Å². The molecule has 0 atom stereocenters. The van der Waals surface area contributed by atoms with Crippen molar-refractivity contribution >= 4 is 5.97 Å². The molecule has 1 N–H and O–H groups in total. The van der Waals surface area contributed by atoms with Crippen LogP contribution in [-0.2, 0) is 4.79 Å². The number of carbonyl (C=O) groups is 1. The lowest BCUT2D eigenvalue weighted by Crippen LogP contribution is -2.04. The number of benzene rings is 2. The van der Waals surface area contributed by atoms with Gasteiger partial charge in [0.1, 0.15) is 17.2 Å². The zero-order valence-electron chi connectivity index (χ0n) is 10.3. The second-order valence-electron chi connectivity index (χ2n) is 3.88. The molecule has 0 bridgehead atoms. The first-order valence-electron chi connectivity index (χ1n) is 5.91. The molecule has 0 aliphatic heterocycles. The Morgan fingerprint density at radius 1 is 0.895 bits per heavy atom. The highest BCUT2D eigenvalue weighted by Gasteiger charge is 2.00. The van der Waals surface area contributed by atoms with E-state index in [1.54, 1.807) is 24.3 Å². The first-order valence-corrected chi connectivity index (χ1v) is 5.91. The molecule has 98 valence electrons. The lowest BCUT2D eigenvalue weighted by Gasteiger charge is -2.07. The average molecular weight is 258 g/mol. The first-order chi connectivity index (χ1) is 9.24. The van der Waals surface area contributed by atoms with Crippen LogP contribution in [0.25, 0.3) is 0 Å². The number of hydrogen-bond acceptors (Lipinski definition) is 3. The van der Waals surface area contributed by atoms with Crippen molar-refractivity contribution in [2.45, 2.75) is 6.42 Å². The van der Waals surface area contributed by atoms with Crippen LogP contribution in [0.4, 0.5) is 0 Å². The second-order valence-corrected chi connectivity index (χ2v) is 3.88. The minimum atomic E-state index is -0.871. The van der Waals surface area contributed by atoms with Crippen LogP contribution in [-0.4, -0.2) is 17.7 Å². The third-order valence-electron chi connectivity index (χ3n) is 2.39. The van der Waals surface area contributed by atoms with E-state index >= 15 is 0 Å². The highest BCUT2D eigenvalue weighted by Crippen LogP contribution is 2.23. The number of aliphatic carboxylic acids is 1. The lowest BCUT2D eigenvalue weighted by atomic mass is 10.3. The molecule has 0 spiro atoms. The summed E-state index contributed by atoms with van der Waals surface area (Å²) in [6.45, 7) is 0.161. The predicted octanol–water partition coefficient (Wildman–Crippen LogP) is 3.33. The number of hydrogen-bond donors (Lipinski definition) is 1. The molecule has 0 aromatic heterocycles. The van der Waals surface area contributed by atoms with Gasteiger partial charge in [0.2, 0.25) is 0 Å². The minimum absolute atomic E-state index is 0.0116. The number of para-hydroxylation sites is 1. The van der Waals surface area contributed by atoms with Crippen LogP contribution in [0.3, 0.4) is 0 Å². The molecule has 2 aromatic rings. The molecule has 0 aliphatic carbocycles. The van der Waals surface area contributed by atoms with Gasteiger partial charge in [0, 0.05) is 0 Å². The molecule has 2 aromatic carbocycles. The molecule has 0 radical (unpaired) electrons. The lowest BCUT2D eigenvalue weighted by molar-refractivity contribution is -0.137. The molecule has 0 saturated carbocycles. The molecule has 4 nitrogen and oxygen atoms in total. The fourth-order valence-corrected chi connectivity index (χ4v) is 1.48. The molecular formula is C15H14O4. The van der Waals surface area contributed by atoms with Crippen molar-refractivity contribution in [1.82, 2.24) is 0 Å². The van der Waals surface area contributed by atoms with Crippen molar-refractivity contribution in [3.8, 4) is 17.2 Å². The van der Waals surface area contributed by atoms with Crippen molar-refractivity contribution in [2.75, 3.05) is 6.61 Å². The topological polar surface area (TPSA) is 55.8 Å². The molecule has 0 aliphatic rings. The van der Waals surface area contributed by atoms with Crippen LogP contribution in [0.15, 0.2) is 54.6 Å². The Kier molecular flexibility index (Phi) is 4.39. The molecule has 0 amide bonds. The summed E-state index contributed by atoms with van der Waals surface area (Å²) in [5.41, 5.74) is 0. The molecule has 0 unspecified atom stereocenters. The van der Waals surface area contributed by atoms with Gasteiger partial charge in [-0.05, 0) is 36.4 Å². The highest BCUT2D eigenvalue weighted by molar-refractivity contribution is 5.66. The maximum atomic E-state index is 10.3. The Hall–Kier alpha value is -2.49. The van der Waals surface area contributed by atoms with Crippen LogP contribution in [0.5, 0.6) is 17.2 Å². The number of carboxylic acid groups (broad SMARTS) is 1. The third-order valence-corrected chi connectivity index (χ3v) is 2.39. The maximum Gasteiger partial charge on any atom is 0.306 e. The standard InChI is InChI=1S/C15H14O4/c16-15(17)10-11-18-12-6-8-14(9-7-12)19-13-4-2-1-3-5-13/h1-9H,10-11H2,(H,16,17). The van der Waals surface area contributed by atoms with E-state index in [0.29, 0.717) is 11.5 Å². The number of ether oxygens (including phenoxy) is 2. The average Bonchev–Trinajstić information content (AvgIpc) is 2.42. The van der Waals surface area contributed by atoms with Crippen molar-refractivity contribution in [3.05, 3.63) is 54.6 Å². The van der Waals surface area contributed by atoms with Crippen LogP contribution in [0.1, 0.15) is 6.42 Å².